The van der Waals surface area contributed by atoms with Crippen LogP contribution in [0.1, 0.15) is 32.1 Å². The maximum Gasteiger partial charge on any atom is 0.0690 e. The average Bonchev–Trinajstić information content (AvgIpc) is 2.79. The highest BCUT2D eigenvalue weighted by Crippen LogP contribution is 2.33. The molecular formula is C10H18N4. The predicted octanol–water partition coefficient (Wildman–Crippen LogP) is 1.44. The van der Waals surface area contributed by atoms with Crippen molar-refractivity contribution < 1.29 is 0 Å². The summed E-state index contributed by atoms with van der Waals surface area (Å²) in [4.78, 5) is 2.59. The van der Waals surface area contributed by atoms with Gasteiger partial charge in [-0.2, -0.15) is 0 Å². The Balaban J connectivity index is 0.000000128. The van der Waals surface area contributed by atoms with Crippen LogP contribution in [-0.4, -0.2) is 39.4 Å². The number of hydrogen-bond donors (Lipinski definition) is 1. The molecule has 4 nitrogen and oxygen atoms in total. The van der Waals surface area contributed by atoms with E-state index >= 15 is 0 Å². The van der Waals surface area contributed by atoms with E-state index < -0.39 is 0 Å². The van der Waals surface area contributed by atoms with E-state index in [4.69, 9.17) is 0 Å². The quantitative estimate of drug-likeness (QED) is 0.679. The molecule has 2 atom stereocenters. The van der Waals surface area contributed by atoms with Gasteiger partial charge < -0.3 is 4.90 Å². The van der Waals surface area contributed by atoms with E-state index in [1.54, 1.807) is 12.4 Å². The highest BCUT2D eigenvalue weighted by molar-refractivity contribution is 4.89. The van der Waals surface area contributed by atoms with E-state index in [0.29, 0.717) is 0 Å². The summed E-state index contributed by atoms with van der Waals surface area (Å²) in [6.07, 6.45) is 10.6. The summed E-state index contributed by atoms with van der Waals surface area (Å²) in [5.74, 6) is 0. The molecule has 0 aliphatic carbocycles. The molecule has 2 aliphatic heterocycles. The standard InChI is InChI=1S/C8H15N.C2H3N3/c1-9-7-3-2-4-8(9)6-5-7;1-2-4-5-3-1/h7-8H,2-6H2,1H3;1-2H,(H,3,4,5)/t7-,8+;. The zero-order chi connectivity index (χ0) is 9.80. The van der Waals surface area contributed by atoms with Gasteiger partial charge in [0.05, 0.1) is 6.20 Å². The van der Waals surface area contributed by atoms with Crippen molar-refractivity contribution in [3.05, 3.63) is 12.4 Å². The normalized spacial score (nSPS) is 30.9. The number of nitrogens with zero attached hydrogens (tertiary/aromatic N) is 3. The summed E-state index contributed by atoms with van der Waals surface area (Å²) >= 11 is 0. The van der Waals surface area contributed by atoms with E-state index in [1.807, 2.05) is 0 Å². The number of nitrogens with one attached hydrogen (secondary N) is 1. The van der Waals surface area contributed by atoms with E-state index in [-0.39, 0.29) is 0 Å². The molecule has 2 aliphatic rings. The summed E-state index contributed by atoms with van der Waals surface area (Å²) in [6, 6.07) is 1.92. The fraction of sp³-hybridized carbons (Fsp3) is 0.800. The molecule has 2 fully saturated rings. The Morgan fingerprint density at radius 1 is 1.21 bits per heavy atom. The van der Waals surface area contributed by atoms with E-state index in [2.05, 4.69) is 27.4 Å². The molecule has 1 aromatic heterocycles. The van der Waals surface area contributed by atoms with Crippen LogP contribution >= 0.6 is 0 Å². The summed E-state index contributed by atoms with van der Waals surface area (Å²) in [5, 5.41) is 9.26. The summed E-state index contributed by atoms with van der Waals surface area (Å²) < 4.78 is 0. The van der Waals surface area contributed by atoms with Gasteiger partial charge in [-0.05, 0) is 32.7 Å². The van der Waals surface area contributed by atoms with Crippen molar-refractivity contribution in [3.8, 4) is 0 Å². The molecule has 78 valence electrons. The van der Waals surface area contributed by atoms with Crippen LogP contribution in [0.15, 0.2) is 12.4 Å². The van der Waals surface area contributed by atoms with Crippen molar-refractivity contribution in [1.29, 1.82) is 0 Å². The fourth-order valence-electron chi connectivity index (χ4n) is 2.54. The zero-order valence-corrected chi connectivity index (χ0v) is 8.69. The third kappa shape index (κ3) is 2.12. The summed E-state index contributed by atoms with van der Waals surface area (Å²) in [7, 11) is 2.29. The molecule has 2 saturated heterocycles. The third-order valence-electron chi connectivity index (χ3n) is 3.39. The fourth-order valence-corrected chi connectivity index (χ4v) is 2.54. The maximum absolute atomic E-state index is 3.42. The molecule has 3 rings (SSSR count). The molecule has 1 aromatic rings. The zero-order valence-electron chi connectivity index (χ0n) is 8.69. The van der Waals surface area contributed by atoms with Crippen molar-refractivity contribution >= 4 is 0 Å². The van der Waals surface area contributed by atoms with Gasteiger partial charge in [0.15, 0.2) is 0 Å². The van der Waals surface area contributed by atoms with Crippen molar-refractivity contribution in [2.24, 2.45) is 0 Å². The van der Waals surface area contributed by atoms with Gasteiger partial charge in [0.25, 0.3) is 0 Å². The Labute approximate surface area is 84.7 Å². The number of aromatic nitrogens is 3. The van der Waals surface area contributed by atoms with Crippen LogP contribution in [-0.2, 0) is 0 Å². The van der Waals surface area contributed by atoms with Gasteiger partial charge in [-0.1, -0.05) is 11.6 Å². The van der Waals surface area contributed by atoms with E-state index in [9.17, 15) is 0 Å². The van der Waals surface area contributed by atoms with Gasteiger partial charge in [-0.3, -0.25) is 5.10 Å². The molecule has 0 amide bonds. The summed E-state index contributed by atoms with van der Waals surface area (Å²) in [5.41, 5.74) is 0. The molecular weight excluding hydrogens is 176 g/mol. The van der Waals surface area contributed by atoms with Crippen molar-refractivity contribution in [3.63, 3.8) is 0 Å². The van der Waals surface area contributed by atoms with Gasteiger partial charge in [-0.15, -0.1) is 5.10 Å². The Hall–Kier alpha value is -0.900. The number of rotatable bonds is 0. The molecule has 0 radical (unpaired) electrons. The third-order valence-corrected chi connectivity index (χ3v) is 3.39. The highest BCUT2D eigenvalue weighted by Gasteiger charge is 2.33. The van der Waals surface area contributed by atoms with Crippen molar-refractivity contribution in [2.45, 2.75) is 44.2 Å². The van der Waals surface area contributed by atoms with E-state index in [0.717, 1.165) is 12.1 Å². The first kappa shape index (κ1) is 9.65. The monoisotopic (exact) mass is 194 g/mol. The van der Waals surface area contributed by atoms with Crippen LogP contribution in [0, 0.1) is 0 Å². The Bertz CT molecular complexity index is 213. The molecule has 1 N–H and O–H groups in total. The largest absolute Gasteiger partial charge is 0.300 e. The molecule has 0 spiro atoms. The first-order valence-electron chi connectivity index (χ1n) is 5.40. The molecule has 14 heavy (non-hydrogen) atoms. The SMILES string of the molecule is CN1[C@@H]2CCC[C@H]1CC2.c1c[nH]nn1. The number of piperidine rings is 1. The Morgan fingerprint density at radius 3 is 2.29 bits per heavy atom. The molecule has 2 bridgehead atoms. The van der Waals surface area contributed by atoms with Crippen LogP contribution in [0.3, 0.4) is 0 Å². The Kier molecular flexibility index (Phi) is 3.14. The predicted molar refractivity (Wildman–Crippen MR) is 54.8 cm³/mol. The van der Waals surface area contributed by atoms with Crippen LogP contribution in [0.4, 0.5) is 0 Å². The lowest BCUT2D eigenvalue weighted by Crippen LogP contribution is -2.35. The summed E-state index contributed by atoms with van der Waals surface area (Å²) in [6.45, 7) is 0. The average molecular weight is 194 g/mol. The van der Waals surface area contributed by atoms with Gasteiger partial charge in [-0.25, -0.2) is 0 Å². The van der Waals surface area contributed by atoms with Gasteiger partial charge in [0.1, 0.15) is 0 Å². The molecule has 3 heterocycles. The smallest absolute Gasteiger partial charge is 0.0690 e. The second-order valence-corrected chi connectivity index (χ2v) is 4.14. The van der Waals surface area contributed by atoms with Gasteiger partial charge >= 0.3 is 0 Å². The molecule has 0 aromatic carbocycles. The number of aromatic amines is 1. The molecule has 0 unspecified atom stereocenters. The first-order valence-corrected chi connectivity index (χ1v) is 5.40. The molecule has 0 saturated carbocycles. The minimum Gasteiger partial charge on any atom is -0.300 e. The lowest BCUT2D eigenvalue weighted by atomic mass is 10.0. The lowest BCUT2D eigenvalue weighted by molar-refractivity contribution is 0.179. The number of fused-ring (bicyclic) bond motifs is 2. The molecule has 4 heteroatoms. The van der Waals surface area contributed by atoms with Crippen molar-refractivity contribution in [1.82, 2.24) is 20.3 Å². The second-order valence-electron chi connectivity index (χ2n) is 4.14. The van der Waals surface area contributed by atoms with Gasteiger partial charge in [0, 0.05) is 18.3 Å². The minimum absolute atomic E-state index is 0.962. The Morgan fingerprint density at radius 2 is 1.93 bits per heavy atom. The first-order chi connectivity index (χ1) is 6.88. The maximum atomic E-state index is 3.42. The topological polar surface area (TPSA) is 44.8 Å². The number of hydrogen-bond acceptors (Lipinski definition) is 3. The van der Waals surface area contributed by atoms with Crippen LogP contribution in [0.2, 0.25) is 0 Å². The highest BCUT2D eigenvalue weighted by atomic mass is 15.3. The van der Waals surface area contributed by atoms with E-state index in [1.165, 1.54) is 32.1 Å². The van der Waals surface area contributed by atoms with Crippen LogP contribution in [0.25, 0.3) is 0 Å². The van der Waals surface area contributed by atoms with Crippen LogP contribution in [0.5, 0.6) is 0 Å². The number of H-pyrrole nitrogens is 1. The van der Waals surface area contributed by atoms with Crippen molar-refractivity contribution in [2.75, 3.05) is 7.05 Å². The van der Waals surface area contributed by atoms with Crippen LogP contribution < -0.4 is 0 Å². The second kappa shape index (κ2) is 4.55. The lowest BCUT2D eigenvalue weighted by Gasteiger charge is -2.30. The minimum atomic E-state index is 0.962. The van der Waals surface area contributed by atoms with Gasteiger partial charge in [0.2, 0.25) is 0 Å².